The lowest BCUT2D eigenvalue weighted by molar-refractivity contribution is 0.0963. The normalized spacial score (nSPS) is 16.9. The molecule has 1 aromatic carbocycles. The molecule has 0 radical (unpaired) electrons. The molecule has 1 atom stereocenters. The topological polar surface area (TPSA) is 52.3 Å². The van der Waals surface area contributed by atoms with Crippen molar-refractivity contribution in [1.82, 2.24) is 0 Å². The van der Waals surface area contributed by atoms with Crippen molar-refractivity contribution in [1.29, 1.82) is 0 Å². The van der Waals surface area contributed by atoms with Gasteiger partial charge in [-0.1, -0.05) is 11.6 Å². The van der Waals surface area contributed by atoms with Gasteiger partial charge in [-0.3, -0.25) is 4.79 Å². The van der Waals surface area contributed by atoms with Crippen molar-refractivity contribution in [3.05, 3.63) is 29.3 Å². The first kappa shape index (κ1) is 11.1. The van der Waals surface area contributed by atoms with Gasteiger partial charge in [0.25, 0.3) is 0 Å². The Morgan fingerprint density at radius 2 is 2.19 bits per heavy atom. The highest BCUT2D eigenvalue weighted by Crippen LogP contribution is 2.30. The van der Waals surface area contributed by atoms with E-state index in [1.54, 1.807) is 6.92 Å². The van der Waals surface area contributed by atoms with Crippen LogP contribution in [-0.4, -0.2) is 17.9 Å². The van der Waals surface area contributed by atoms with Crippen LogP contribution in [0.15, 0.2) is 18.2 Å². The zero-order valence-corrected chi connectivity index (χ0v) is 9.69. The Kier molecular flexibility index (Phi) is 2.97. The molecule has 0 bridgehead atoms. The molecule has 3 nitrogen and oxygen atoms in total. The number of ether oxygens (including phenoxy) is 1. The molecular weight excluding hydrogens is 202 g/mol. The fraction of sp³-hybridized carbons (Fsp3) is 0.462. The average molecular weight is 219 g/mol. The number of benzene rings is 1. The van der Waals surface area contributed by atoms with Crippen LogP contribution in [0.2, 0.25) is 0 Å². The number of Topliss-reactive ketones (excluding diaryl/α,β-unsaturated/α-hetero) is 1. The largest absolute Gasteiger partial charge is 0.490 e. The molecule has 0 saturated heterocycles. The molecule has 2 N–H and O–H groups in total. The number of carbonyl (C=O) groups excluding carboxylic acids is 1. The first-order valence-electron chi connectivity index (χ1n) is 5.65. The van der Waals surface area contributed by atoms with Gasteiger partial charge in [0.15, 0.2) is 5.78 Å². The molecule has 2 rings (SSSR count). The molecule has 1 aliphatic rings. The number of hydrogen-bond donors (Lipinski definition) is 1. The summed E-state index contributed by atoms with van der Waals surface area (Å²) in [7, 11) is 0. The summed E-state index contributed by atoms with van der Waals surface area (Å²) in [5.74, 6) is 0.620. The van der Waals surface area contributed by atoms with E-state index in [1.807, 2.05) is 25.1 Å². The van der Waals surface area contributed by atoms with Gasteiger partial charge < -0.3 is 10.5 Å². The van der Waals surface area contributed by atoms with E-state index < -0.39 is 6.04 Å². The molecule has 1 saturated carbocycles. The summed E-state index contributed by atoms with van der Waals surface area (Å²) >= 11 is 0. The van der Waals surface area contributed by atoms with Crippen LogP contribution < -0.4 is 10.5 Å². The van der Waals surface area contributed by atoms with Crippen molar-refractivity contribution in [3.8, 4) is 5.75 Å². The lowest BCUT2D eigenvalue weighted by Crippen LogP contribution is -2.27. The Bertz CT molecular complexity index is 408. The van der Waals surface area contributed by atoms with Crippen LogP contribution in [0.3, 0.4) is 0 Å². The van der Waals surface area contributed by atoms with Gasteiger partial charge in [-0.2, -0.15) is 0 Å². The summed E-state index contributed by atoms with van der Waals surface area (Å²) in [5.41, 5.74) is 7.29. The number of rotatable bonds is 4. The van der Waals surface area contributed by atoms with Gasteiger partial charge in [0.1, 0.15) is 5.75 Å². The molecule has 0 aliphatic heterocycles. The fourth-order valence-corrected chi connectivity index (χ4v) is 1.55. The summed E-state index contributed by atoms with van der Waals surface area (Å²) < 4.78 is 5.71. The predicted octanol–water partition coefficient (Wildman–Crippen LogP) is 2.07. The minimum absolute atomic E-state index is 0.0562. The minimum Gasteiger partial charge on any atom is -0.490 e. The molecule has 1 unspecified atom stereocenters. The Hall–Kier alpha value is -1.35. The summed E-state index contributed by atoms with van der Waals surface area (Å²) in [6.45, 7) is 3.66. The molecule has 3 heteroatoms. The van der Waals surface area contributed by atoms with E-state index in [0.717, 1.165) is 18.4 Å². The Labute approximate surface area is 95.6 Å². The van der Waals surface area contributed by atoms with E-state index in [0.29, 0.717) is 17.4 Å². The van der Waals surface area contributed by atoms with E-state index in [-0.39, 0.29) is 5.78 Å². The smallest absolute Gasteiger partial charge is 0.182 e. The SMILES string of the molecule is Cc1ccc(OC2CC2)c(C(=O)C(C)N)c1. The van der Waals surface area contributed by atoms with E-state index in [2.05, 4.69) is 0 Å². The second-order valence-corrected chi connectivity index (χ2v) is 4.47. The molecular formula is C13H17NO2. The highest BCUT2D eigenvalue weighted by Gasteiger charge is 2.26. The predicted molar refractivity (Wildman–Crippen MR) is 62.8 cm³/mol. The lowest BCUT2D eigenvalue weighted by Gasteiger charge is -2.12. The van der Waals surface area contributed by atoms with Crippen LogP contribution in [0.1, 0.15) is 35.7 Å². The third kappa shape index (κ3) is 2.42. The van der Waals surface area contributed by atoms with Crippen molar-refractivity contribution in [3.63, 3.8) is 0 Å². The van der Waals surface area contributed by atoms with Crippen LogP contribution >= 0.6 is 0 Å². The molecule has 1 aliphatic carbocycles. The number of hydrogen-bond acceptors (Lipinski definition) is 3. The molecule has 0 heterocycles. The monoisotopic (exact) mass is 219 g/mol. The van der Waals surface area contributed by atoms with Crippen LogP contribution in [-0.2, 0) is 0 Å². The molecule has 16 heavy (non-hydrogen) atoms. The molecule has 0 aromatic heterocycles. The van der Waals surface area contributed by atoms with Gasteiger partial charge >= 0.3 is 0 Å². The Morgan fingerprint density at radius 1 is 1.50 bits per heavy atom. The van der Waals surface area contributed by atoms with Gasteiger partial charge in [-0.05, 0) is 38.8 Å². The van der Waals surface area contributed by atoms with Crippen LogP contribution in [0.4, 0.5) is 0 Å². The molecule has 0 spiro atoms. The van der Waals surface area contributed by atoms with E-state index >= 15 is 0 Å². The van der Waals surface area contributed by atoms with Gasteiger partial charge in [0.2, 0.25) is 0 Å². The quantitative estimate of drug-likeness (QED) is 0.789. The van der Waals surface area contributed by atoms with Gasteiger partial charge in [-0.25, -0.2) is 0 Å². The van der Waals surface area contributed by atoms with Crippen LogP contribution in [0.25, 0.3) is 0 Å². The standard InChI is InChI=1S/C13H17NO2/c1-8-3-6-12(16-10-4-5-10)11(7-8)13(15)9(2)14/h3,6-7,9-10H,4-5,14H2,1-2H3. The second kappa shape index (κ2) is 4.26. The zero-order chi connectivity index (χ0) is 11.7. The number of ketones is 1. The summed E-state index contributed by atoms with van der Waals surface area (Å²) in [4.78, 5) is 11.9. The lowest BCUT2D eigenvalue weighted by atomic mass is 10.0. The molecule has 1 aromatic rings. The summed E-state index contributed by atoms with van der Waals surface area (Å²) in [5, 5.41) is 0. The van der Waals surface area contributed by atoms with E-state index in [1.165, 1.54) is 0 Å². The van der Waals surface area contributed by atoms with Gasteiger partial charge in [-0.15, -0.1) is 0 Å². The number of nitrogens with two attached hydrogens (primary N) is 1. The third-order valence-corrected chi connectivity index (χ3v) is 2.63. The van der Waals surface area contributed by atoms with Crippen molar-refractivity contribution in [2.75, 3.05) is 0 Å². The van der Waals surface area contributed by atoms with Gasteiger partial charge in [0.05, 0.1) is 17.7 Å². The highest BCUT2D eigenvalue weighted by atomic mass is 16.5. The maximum Gasteiger partial charge on any atom is 0.182 e. The Balaban J connectivity index is 2.30. The maximum absolute atomic E-state index is 11.9. The molecule has 1 fully saturated rings. The minimum atomic E-state index is -0.483. The second-order valence-electron chi connectivity index (χ2n) is 4.47. The van der Waals surface area contributed by atoms with Crippen molar-refractivity contribution < 1.29 is 9.53 Å². The molecule has 0 amide bonds. The highest BCUT2D eigenvalue weighted by molar-refractivity contribution is 6.02. The molecule has 86 valence electrons. The van der Waals surface area contributed by atoms with Crippen LogP contribution in [0, 0.1) is 6.92 Å². The van der Waals surface area contributed by atoms with Crippen molar-refractivity contribution >= 4 is 5.78 Å². The van der Waals surface area contributed by atoms with Gasteiger partial charge in [0, 0.05) is 0 Å². The van der Waals surface area contributed by atoms with Crippen molar-refractivity contribution in [2.24, 2.45) is 5.73 Å². The number of carbonyl (C=O) groups is 1. The van der Waals surface area contributed by atoms with Crippen molar-refractivity contribution in [2.45, 2.75) is 38.8 Å². The first-order valence-corrected chi connectivity index (χ1v) is 5.65. The summed E-state index contributed by atoms with van der Waals surface area (Å²) in [6.07, 6.45) is 2.46. The average Bonchev–Trinajstić information content (AvgIpc) is 3.03. The van der Waals surface area contributed by atoms with E-state index in [9.17, 15) is 4.79 Å². The summed E-state index contributed by atoms with van der Waals surface area (Å²) in [6, 6.07) is 5.19. The van der Waals surface area contributed by atoms with E-state index in [4.69, 9.17) is 10.5 Å². The van der Waals surface area contributed by atoms with Crippen LogP contribution in [0.5, 0.6) is 5.75 Å². The third-order valence-electron chi connectivity index (χ3n) is 2.63. The first-order chi connectivity index (χ1) is 7.58. The maximum atomic E-state index is 11.9. The fourth-order valence-electron chi connectivity index (χ4n) is 1.55. The Morgan fingerprint density at radius 3 is 2.75 bits per heavy atom. The number of aryl methyl sites for hydroxylation is 1. The zero-order valence-electron chi connectivity index (χ0n) is 9.69.